The van der Waals surface area contributed by atoms with Crippen LogP contribution in [0.4, 0.5) is 0 Å². The number of hydrogen-bond donors (Lipinski definition) is 0. The number of benzene rings is 1. The highest BCUT2D eigenvalue weighted by Crippen LogP contribution is 2.36. The van der Waals surface area contributed by atoms with Gasteiger partial charge in [-0.3, -0.25) is 9.59 Å². The zero-order valence-corrected chi connectivity index (χ0v) is 16.4. The highest BCUT2D eigenvalue weighted by Gasteiger charge is 2.53. The van der Waals surface area contributed by atoms with Gasteiger partial charge in [-0.05, 0) is 12.1 Å². The minimum absolute atomic E-state index is 0.0614. The zero-order chi connectivity index (χ0) is 19.8. The molecule has 1 amide bonds. The molecule has 2 aliphatic heterocycles. The SMILES string of the molecule is CC(C)(C)C(=O)COC1C(COc2ccccc2)=CN2C(=O)C[C@H]2S1(=O)=O. The van der Waals surface area contributed by atoms with Crippen LogP contribution in [0.1, 0.15) is 27.2 Å². The van der Waals surface area contributed by atoms with E-state index in [0.717, 1.165) is 0 Å². The van der Waals surface area contributed by atoms with Gasteiger partial charge in [0.25, 0.3) is 0 Å². The lowest BCUT2D eigenvalue weighted by atomic mass is 9.91. The number of β-lactam (4-membered cyclic amide) rings is 1. The lowest BCUT2D eigenvalue weighted by molar-refractivity contribution is -0.139. The first-order valence-electron chi connectivity index (χ1n) is 8.68. The molecule has 2 aliphatic rings. The summed E-state index contributed by atoms with van der Waals surface area (Å²) in [5.41, 5.74) is -1.65. The van der Waals surface area contributed by atoms with Crippen LogP contribution in [-0.4, -0.2) is 49.0 Å². The van der Waals surface area contributed by atoms with E-state index in [1.807, 2.05) is 6.07 Å². The monoisotopic (exact) mass is 393 g/mol. The van der Waals surface area contributed by atoms with Gasteiger partial charge in [0.05, 0.1) is 6.42 Å². The van der Waals surface area contributed by atoms with Crippen molar-refractivity contribution in [2.75, 3.05) is 13.2 Å². The van der Waals surface area contributed by atoms with Gasteiger partial charge in [0.1, 0.15) is 24.3 Å². The average molecular weight is 393 g/mol. The van der Waals surface area contributed by atoms with E-state index in [2.05, 4.69) is 0 Å². The largest absolute Gasteiger partial charge is 0.489 e. The maximum absolute atomic E-state index is 12.9. The molecule has 0 spiro atoms. The van der Waals surface area contributed by atoms with Crippen LogP contribution < -0.4 is 4.74 Å². The summed E-state index contributed by atoms with van der Waals surface area (Å²) in [6.45, 7) is 4.85. The summed E-state index contributed by atoms with van der Waals surface area (Å²) < 4.78 is 37.0. The Morgan fingerprint density at radius 1 is 1.22 bits per heavy atom. The summed E-state index contributed by atoms with van der Waals surface area (Å²) in [6, 6.07) is 8.92. The standard InChI is InChI=1S/C19H23NO6S/c1-19(2,3)15(21)12-26-18-13(11-25-14-7-5-4-6-8-14)10-20-16(22)9-17(20)27(18,23)24/h4-8,10,17-18H,9,11-12H2,1-3H3/t17-,18?/m1/s1. The van der Waals surface area contributed by atoms with Gasteiger partial charge in [-0.25, -0.2) is 8.42 Å². The van der Waals surface area contributed by atoms with E-state index in [0.29, 0.717) is 11.3 Å². The molecule has 2 atom stereocenters. The minimum atomic E-state index is -3.81. The molecule has 8 heteroatoms. The van der Waals surface area contributed by atoms with Gasteiger partial charge < -0.3 is 14.4 Å². The summed E-state index contributed by atoms with van der Waals surface area (Å²) >= 11 is 0. The third-order valence-corrected chi connectivity index (χ3v) is 6.77. The number of rotatable bonds is 6. The van der Waals surface area contributed by atoms with Gasteiger partial charge in [-0.1, -0.05) is 39.0 Å². The zero-order valence-electron chi connectivity index (χ0n) is 15.5. The molecular weight excluding hydrogens is 370 g/mol. The normalized spacial score (nSPS) is 23.9. The Balaban J connectivity index is 1.81. The van der Waals surface area contributed by atoms with Crippen molar-refractivity contribution in [1.82, 2.24) is 4.90 Å². The first-order valence-corrected chi connectivity index (χ1v) is 10.3. The Labute approximate surface area is 158 Å². The van der Waals surface area contributed by atoms with Crippen molar-refractivity contribution in [3.05, 3.63) is 42.1 Å². The predicted molar refractivity (Wildman–Crippen MR) is 98.4 cm³/mol. The van der Waals surface area contributed by atoms with Gasteiger partial charge in [0.2, 0.25) is 15.7 Å². The Morgan fingerprint density at radius 3 is 2.48 bits per heavy atom. The predicted octanol–water partition coefficient (Wildman–Crippen LogP) is 1.89. The maximum atomic E-state index is 12.9. The molecule has 7 nitrogen and oxygen atoms in total. The quantitative estimate of drug-likeness (QED) is 0.686. The molecule has 1 fully saturated rings. The van der Waals surface area contributed by atoms with Gasteiger partial charge in [0, 0.05) is 17.2 Å². The first kappa shape index (κ1) is 19.6. The molecule has 0 aromatic heterocycles. The topological polar surface area (TPSA) is 90.0 Å². The Kier molecular flexibility index (Phi) is 5.14. The minimum Gasteiger partial charge on any atom is -0.489 e. The number of sulfone groups is 1. The molecule has 27 heavy (non-hydrogen) atoms. The molecule has 3 rings (SSSR count). The van der Waals surface area contributed by atoms with E-state index in [9.17, 15) is 18.0 Å². The molecule has 1 saturated heterocycles. The van der Waals surface area contributed by atoms with Crippen LogP contribution in [0.15, 0.2) is 42.1 Å². The van der Waals surface area contributed by atoms with E-state index in [1.54, 1.807) is 45.0 Å². The lowest BCUT2D eigenvalue weighted by Gasteiger charge is -2.43. The molecule has 2 heterocycles. The number of hydrogen-bond acceptors (Lipinski definition) is 6. The van der Waals surface area contributed by atoms with Crippen LogP contribution >= 0.6 is 0 Å². The lowest BCUT2D eigenvalue weighted by Crippen LogP contribution is -2.60. The summed E-state index contributed by atoms with van der Waals surface area (Å²) in [5.74, 6) is 0.107. The Morgan fingerprint density at radius 2 is 1.89 bits per heavy atom. The van der Waals surface area contributed by atoms with Crippen LogP contribution in [0, 0.1) is 5.41 Å². The molecule has 1 unspecified atom stereocenters. The molecule has 0 N–H and O–H groups in total. The second-order valence-corrected chi connectivity index (χ2v) is 9.82. The first-order chi connectivity index (χ1) is 12.6. The Hall–Kier alpha value is -2.19. The van der Waals surface area contributed by atoms with E-state index >= 15 is 0 Å². The van der Waals surface area contributed by atoms with Crippen molar-refractivity contribution >= 4 is 21.5 Å². The van der Waals surface area contributed by atoms with Crippen LogP contribution in [0.5, 0.6) is 5.75 Å². The second kappa shape index (κ2) is 7.09. The van der Waals surface area contributed by atoms with E-state index in [4.69, 9.17) is 9.47 Å². The van der Waals surface area contributed by atoms with Crippen LogP contribution in [-0.2, 0) is 24.2 Å². The van der Waals surface area contributed by atoms with Gasteiger partial charge in [-0.15, -0.1) is 0 Å². The number of fused-ring (bicyclic) bond motifs is 1. The van der Waals surface area contributed by atoms with Crippen LogP contribution in [0.25, 0.3) is 0 Å². The molecule has 0 saturated carbocycles. The van der Waals surface area contributed by atoms with Crippen molar-refractivity contribution in [2.45, 2.75) is 38.0 Å². The number of para-hydroxylation sites is 1. The summed E-state index contributed by atoms with van der Waals surface area (Å²) in [4.78, 5) is 25.1. The number of Topliss-reactive ketones (excluding diaryl/α,β-unsaturated/α-hetero) is 1. The molecule has 146 valence electrons. The number of carbonyl (C=O) groups is 2. The number of ether oxygens (including phenoxy) is 2. The second-order valence-electron chi connectivity index (χ2n) is 7.67. The van der Waals surface area contributed by atoms with Crippen LogP contribution in [0.3, 0.4) is 0 Å². The van der Waals surface area contributed by atoms with Crippen molar-refractivity contribution in [3.63, 3.8) is 0 Å². The van der Waals surface area contributed by atoms with E-state index in [1.165, 1.54) is 11.1 Å². The molecule has 0 radical (unpaired) electrons. The number of nitrogens with zero attached hydrogens (tertiary/aromatic N) is 1. The van der Waals surface area contributed by atoms with E-state index < -0.39 is 26.1 Å². The van der Waals surface area contributed by atoms with Crippen molar-refractivity contribution in [2.24, 2.45) is 5.41 Å². The molecule has 1 aromatic carbocycles. The van der Waals surface area contributed by atoms with Crippen molar-refractivity contribution in [3.8, 4) is 5.75 Å². The number of ketones is 1. The number of carbonyl (C=O) groups excluding carboxylic acids is 2. The van der Waals surface area contributed by atoms with Crippen molar-refractivity contribution in [1.29, 1.82) is 0 Å². The number of amides is 1. The fourth-order valence-corrected chi connectivity index (χ4v) is 4.75. The summed E-state index contributed by atoms with van der Waals surface area (Å²) in [5, 5.41) is -0.930. The summed E-state index contributed by atoms with van der Waals surface area (Å²) in [6.07, 6.45) is 1.41. The third-order valence-electron chi connectivity index (χ3n) is 4.58. The van der Waals surface area contributed by atoms with Gasteiger partial charge >= 0.3 is 0 Å². The average Bonchev–Trinajstić information content (AvgIpc) is 2.60. The van der Waals surface area contributed by atoms with E-state index in [-0.39, 0.29) is 31.3 Å². The Bertz CT molecular complexity index is 869. The molecule has 1 aromatic rings. The van der Waals surface area contributed by atoms with Gasteiger partial charge in [0.15, 0.2) is 11.2 Å². The van der Waals surface area contributed by atoms with Crippen molar-refractivity contribution < 1.29 is 27.5 Å². The molecule has 0 aliphatic carbocycles. The maximum Gasteiger partial charge on any atom is 0.230 e. The molecule has 0 bridgehead atoms. The smallest absolute Gasteiger partial charge is 0.230 e. The van der Waals surface area contributed by atoms with Crippen LogP contribution in [0.2, 0.25) is 0 Å². The molecular formula is C19H23NO6S. The highest BCUT2D eigenvalue weighted by atomic mass is 32.2. The third kappa shape index (κ3) is 3.91. The highest BCUT2D eigenvalue weighted by molar-refractivity contribution is 7.92. The summed E-state index contributed by atoms with van der Waals surface area (Å²) in [7, 11) is -3.81. The fourth-order valence-electron chi connectivity index (χ4n) is 2.78. The fraction of sp³-hybridized carbons (Fsp3) is 0.474. The van der Waals surface area contributed by atoms with Gasteiger partial charge in [-0.2, -0.15) is 0 Å².